The smallest absolute Gasteiger partial charge is 0.0543 e. The maximum absolute atomic E-state index is 10.2. The molecule has 0 aromatic heterocycles. The number of nitrogens with one attached hydrogen (secondary N) is 1. The molecule has 8 atom stereocenters. The molecule has 4 aliphatic carbocycles. The zero-order chi connectivity index (χ0) is 20.8. The fourth-order valence-electron chi connectivity index (χ4n) is 8.24. The predicted octanol–water partition coefficient (Wildman–Crippen LogP) is 4.71. The quantitative estimate of drug-likeness (QED) is 0.499. The van der Waals surface area contributed by atoms with Gasteiger partial charge in [-0.25, -0.2) is 0 Å². The summed E-state index contributed by atoms with van der Waals surface area (Å²) >= 11 is 0. The van der Waals surface area contributed by atoms with Gasteiger partial charge in [-0.15, -0.1) is 0 Å². The van der Waals surface area contributed by atoms with Crippen molar-refractivity contribution in [2.75, 3.05) is 33.7 Å². The molecule has 0 amide bonds. The summed E-state index contributed by atoms with van der Waals surface area (Å²) in [4.78, 5) is 2.26. The summed E-state index contributed by atoms with van der Waals surface area (Å²) in [5, 5.41) is 14.0. The monoisotopic (exact) mass is 402 g/mol. The van der Waals surface area contributed by atoms with E-state index < -0.39 is 0 Å². The first-order chi connectivity index (χ1) is 13.8. The van der Waals surface area contributed by atoms with Crippen molar-refractivity contribution in [3.63, 3.8) is 0 Å². The van der Waals surface area contributed by atoms with Crippen molar-refractivity contribution in [1.82, 2.24) is 10.2 Å². The minimum atomic E-state index is -0.0476. The topological polar surface area (TPSA) is 35.5 Å². The zero-order valence-corrected chi connectivity index (χ0v) is 19.7. The molecule has 0 aromatic carbocycles. The number of aliphatic hydroxyl groups excluding tert-OH is 1. The first-order valence-electron chi connectivity index (χ1n) is 12.5. The minimum absolute atomic E-state index is 0.0476. The third kappa shape index (κ3) is 3.85. The second kappa shape index (κ2) is 8.28. The van der Waals surface area contributed by atoms with Crippen molar-refractivity contribution < 1.29 is 5.11 Å². The lowest BCUT2D eigenvalue weighted by Gasteiger charge is -2.57. The van der Waals surface area contributed by atoms with Crippen LogP contribution in [0.5, 0.6) is 0 Å². The summed E-state index contributed by atoms with van der Waals surface area (Å²) in [5.41, 5.74) is 2.80. The number of allylic oxidation sites excluding steroid dienone is 2. The molecular weight excluding hydrogens is 356 g/mol. The lowest BCUT2D eigenvalue weighted by molar-refractivity contribution is -0.0424. The molecule has 0 bridgehead atoms. The number of aliphatic hydroxyl groups is 1. The van der Waals surface area contributed by atoms with Crippen LogP contribution < -0.4 is 5.32 Å². The Balaban J connectivity index is 1.45. The number of likely N-dealkylation sites (N-methyl/N-ethyl adjacent to an activating group) is 1. The molecule has 29 heavy (non-hydrogen) atoms. The molecule has 3 fully saturated rings. The Kier molecular flexibility index (Phi) is 6.23. The summed E-state index contributed by atoms with van der Waals surface area (Å²) in [5.74, 6) is 3.95. The summed E-state index contributed by atoms with van der Waals surface area (Å²) < 4.78 is 0. The van der Waals surface area contributed by atoms with E-state index in [4.69, 9.17) is 0 Å². The van der Waals surface area contributed by atoms with Gasteiger partial charge in [0, 0.05) is 13.1 Å². The summed E-state index contributed by atoms with van der Waals surface area (Å²) in [7, 11) is 4.31. The third-order valence-corrected chi connectivity index (χ3v) is 10.0. The maximum atomic E-state index is 10.2. The number of hydrogen-bond donors (Lipinski definition) is 2. The molecule has 0 radical (unpaired) electrons. The molecular formula is C26H46N2O. The van der Waals surface area contributed by atoms with Crippen molar-refractivity contribution in [2.24, 2.45) is 40.4 Å². The predicted molar refractivity (Wildman–Crippen MR) is 122 cm³/mol. The molecule has 2 N–H and O–H groups in total. The highest BCUT2D eigenvalue weighted by molar-refractivity contribution is 5.27. The molecule has 4 rings (SSSR count). The van der Waals surface area contributed by atoms with E-state index >= 15 is 0 Å². The van der Waals surface area contributed by atoms with Gasteiger partial charge >= 0.3 is 0 Å². The van der Waals surface area contributed by atoms with Crippen LogP contribution in [0.1, 0.15) is 72.1 Å². The standard InChI is InChI=1S/C26H46N2O/c1-18(17-27-14-15-28(4)5)22-8-9-23-21-7-6-19-16-20(29)10-12-25(19,2)24(21)11-13-26(22,23)3/h7,18-20,22-24,27,29H,6,8-17H2,1-5H3/t18-,19+,20+,22-,23+,24+,25+,26-/m1/s1. The maximum Gasteiger partial charge on any atom is 0.0543 e. The van der Waals surface area contributed by atoms with Crippen molar-refractivity contribution in [3.8, 4) is 0 Å². The second-order valence-electron chi connectivity index (χ2n) is 11.9. The zero-order valence-electron chi connectivity index (χ0n) is 19.7. The van der Waals surface area contributed by atoms with Gasteiger partial charge in [-0.3, -0.25) is 0 Å². The van der Waals surface area contributed by atoms with Gasteiger partial charge in [-0.05, 0) is 112 Å². The molecule has 0 saturated heterocycles. The number of nitrogens with zero attached hydrogens (tertiary/aromatic N) is 1. The molecule has 0 spiro atoms. The van der Waals surface area contributed by atoms with Crippen molar-refractivity contribution in [3.05, 3.63) is 11.6 Å². The van der Waals surface area contributed by atoms with E-state index in [9.17, 15) is 5.11 Å². The fraction of sp³-hybridized carbons (Fsp3) is 0.923. The Morgan fingerprint density at radius 2 is 1.83 bits per heavy atom. The van der Waals surface area contributed by atoms with Crippen LogP contribution >= 0.6 is 0 Å². The highest BCUT2D eigenvalue weighted by Crippen LogP contribution is 2.66. The SMILES string of the molecule is C[C@H](CNCCN(C)C)[C@H]1CC[C@H]2C3=CC[C@H]4C[C@@H](O)CC[C@]4(C)[C@H]3CC[C@]12C. The van der Waals surface area contributed by atoms with Crippen LogP contribution in [0.4, 0.5) is 0 Å². The van der Waals surface area contributed by atoms with Gasteiger partial charge in [-0.1, -0.05) is 32.4 Å². The minimum Gasteiger partial charge on any atom is -0.393 e. The Labute approximate surface area is 179 Å². The van der Waals surface area contributed by atoms with Gasteiger partial charge < -0.3 is 15.3 Å². The molecule has 166 valence electrons. The molecule has 0 aliphatic heterocycles. The second-order valence-corrected chi connectivity index (χ2v) is 11.9. The normalized spacial score (nSPS) is 45.3. The molecule has 4 aliphatic rings. The van der Waals surface area contributed by atoms with E-state index in [1.807, 2.05) is 5.57 Å². The van der Waals surface area contributed by atoms with Crippen LogP contribution in [0.25, 0.3) is 0 Å². The number of rotatable bonds is 6. The van der Waals surface area contributed by atoms with Crippen LogP contribution in [0, 0.1) is 40.4 Å². The Hall–Kier alpha value is -0.380. The number of fused-ring (bicyclic) bond motifs is 5. The van der Waals surface area contributed by atoms with Crippen molar-refractivity contribution in [2.45, 2.75) is 78.2 Å². The van der Waals surface area contributed by atoms with E-state index in [-0.39, 0.29) is 6.10 Å². The largest absolute Gasteiger partial charge is 0.393 e. The first kappa shape index (κ1) is 21.8. The van der Waals surface area contributed by atoms with Gasteiger partial charge in [0.05, 0.1) is 6.10 Å². The Bertz CT molecular complexity index is 616. The van der Waals surface area contributed by atoms with Crippen LogP contribution in [-0.4, -0.2) is 49.8 Å². The summed E-state index contributed by atoms with van der Waals surface area (Å²) in [6.45, 7) is 11.1. The van der Waals surface area contributed by atoms with Gasteiger partial charge in [0.15, 0.2) is 0 Å². The molecule has 3 saturated carbocycles. The van der Waals surface area contributed by atoms with Crippen LogP contribution in [0.3, 0.4) is 0 Å². The van der Waals surface area contributed by atoms with E-state index in [2.05, 4.69) is 51.2 Å². The van der Waals surface area contributed by atoms with Crippen LogP contribution in [0.2, 0.25) is 0 Å². The first-order valence-corrected chi connectivity index (χ1v) is 12.5. The molecule has 3 nitrogen and oxygen atoms in total. The van der Waals surface area contributed by atoms with E-state index in [0.29, 0.717) is 16.7 Å². The Morgan fingerprint density at radius 3 is 2.59 bits per heavy atom. The van der Waals surface area contributed by atoms with Gasteiger partial charge in [-0.2, -0.15) is 0 Å². The van der Waals surface area contributed by atoms with Crippen LogP contribution in [-0.2, 0) is 0 Å². The Morgan fingerprint density at radius 1 is 1.10 bits per heavy atom. The summed E-state index contributed by atoms with van der Waals surface area (Å²) in [6, 6.07) is 0. The number of hydrogen-bond acceptors (Lipinski definition) is 3. The average Bonchev–Trinajstić information content (AvgIpc) is 3.03. The van der Waals surface area contributed by atoms with Crippen molar-refractivity contribution in [1.29, 1.82) is 0 Å². The van der Waals surface area contributed by atoms with E-state index in [0.717, 1.165) is 49.6 Å². The lowest BCUT2D eigenvalue weighted by Crippen LogP contribution is -2.50. The van der Waals surface area contributed by atoms with Gasteiger partial charge in [0.25, 0.3) is 0 Å². The third-order valence-electron chi connectivity index (χ3n) is 10.0. The highest BCUT2D eigenvalue weighted by Gasteiger charge is 2.58. The molecule has 0 unspecified atom stereocenters. The molecule has 0 heterocycles. The average molecular weight is 403 g/mol. The van der Waals surface area contributed by atoms with Crippen LogP contribution in [0.15, 0.2) is 11.6 Å². The fourth-order valence-corrected chi connectivity index (χ4v) is 8.24. The summed E-state index contributed by atoms with van der Waals surface area (Å²) in [6.07, 6.45) is 12.8. The van der Waals surface area contributed by atoms with Crippen molar-refractivity contribution >= 4 is 0 Å². The van der Waals surface area contributed by atoms with E-state index in [1.54, 1.807) is 0 Å². The molecule has 3 heteroatoms. The van der Waals surface area contributed by atoms with Gasteiger partial charge in [0.2, 0.25) is 0 Å². The highest BCUT2D eigenvalue weighted by atomic mass is 16.3. The lowest BCUT2D eigenvalue weighted by atomic mass is 9.47. The van der Waals surface area contributed by atoms with E-state index in [1.165, 1.54) is 45.1 Å². The van der Waals surface area contributed by atoms with Gasteiger partial charge in [0.1, 0.15) is 0 Å². The molecule has 0 aromatic rings.